The van der Waals surface area contributed by atoms with Gasteiger partial charge < -0.3 is 9.80 Å². The number of carbonyl (C=O) groups is 2. The first-order valence-corrected chi connectivity index (χ1v) is 12.7. The number of benzene rings is 3. The molecule has 0 aliphatic rings. The molecule has 0 spiro atoms. The summed E-state index contributed by atoms with van der Waals surface area (Å²) in [5.74, 6) is -0.604. The minimum atomic E-state index is -0.312. The van der Waals surface area contributed by atoms with E-state index >= 15 is 0 Å². The van der Waals surface area contributed by atoms with Crippen LogP contribution in [0.1, 0.15) is 41.1 Å². The van der Waals surface area contributed by atoms with Gasteiger partial charge in [0.1, 0.15) is 12.4 Å². The maximum Gasteiger partial charge on any atom is 0.255 e. The van der Waals surface area contributed by atoms with Gasteiger partial charge >= 0.3 is 0 Å². The Morgan fingerprint density at radius 2 is 1.66 bits per heavy atom. The van der Waals surface area contributed by atoms with E-state index in [0.717, 1.165) is 27.6 Å². The zero-order valence-corrected chi connectivity index (χ0v) is 20.8. The monoisotopic (exact) mass is 488 g/mol. The molecule has 4 nitrogen and oxygen atoms in total. The average Bonchev–Trinajstić information content (AvgIpc) is 3.40. The number of hydrogen-bond donors (Lipinski definition) is 0. The molecule has 0 fully saturated rings. The van der Waals surface area contributed by atoms with Gasteiger partial charge in [0.15, 0.2) is 0 Å². The third-order valence-corrected chi connectivity index (χ3v) is 7.14. The van der Waals surface area contributed by atoms with Crippen LogP contribution in [-0.2, 0) is 17.9 Å². The Morgan fingerprint density at radius 3 is 2.37 bits per heavy atom. The SMILES string of the molecule is CCC(C)N(CC(=O)N(Cc1ccc(F)cc1)Cc1cccs1)C(=O)c1cccc2ccccc12. The Kier molecular flexibility index (Phi) is 7.93. The summed E-state index contributed by atoms with van der Waals surface area (Å²) in [6, 6.07) is 23.5. The van der Waals surface area contributed by atoms with Crippen molar-refractivity contribution in [3.05, 3.63) is 106 Å². The average molecular weight is 489 g/mol. The second kappa shape index (κ2) is 11.3. The summed E-state index contributed by atoms with van der Waals surface area (Å²) in [6.45, 7) is 4.74. The number of thiophene rings is 1. The molecular weight excluding hydrogens is 459 g/mol. The smallest absolute Gasteiger partial charge is 0.255 e. The summed E-state index contributed by atoms with van der Waals surface area (Å²) in [7, 11) is 0. The molecule has 0 aliphatic carbocycles. The molecule has 180 valence electrons. The van der Waals surface area contributed by atoms with Crippen molar-refractivity contribution in [2.75, 3.05) is 6.54 Å². The summed E-state index contributed by atoms with van der Waals surface area (Å²) >= 11 is 1.58. The molecule has 35 heavy (non-hydrogen) atoms. The lowest BCUT2D eigenvalue weighted by Gasteiger charge is -2.31. The molecule has 1 unspecified atom stereocenters. The van der Waals surface area contributed by atoms with Crippen LogP contribution in [0.5, 0.6) is 0 Å². The fourth-order valence-corrected chi connectivity index (χ4v) is 4.81. The maximum atomic E-state index is 13.7. The topological polar surface area (TPSA) is 40.6 Å². The summed E-state index contributed by atoms with van der Waals surface area (Å²) in [5.41, 5.74) is 1.44. The van der Waals surface area contributed by atoms with E-state index in [1.165, 1.54) is 12.1 Å². The van der Waals surface area contributed by atoms with E-state index in [2.05, 4.69) is 0 Å². The van der Waals surface area contributed by atoms with E-state index < -0.39 is 0 Å². The van der Waals surface area contributed by atoms with Gasteiger partial charge in [-0.05, 0) is 59.3 Å². The zero-order valence-electron chi connectivity index (χ0n) is 20.0. The van der Waals surface area contributed by atoms with Crippen LogP contribution in [-0.4, -0.2) is 34.2 Å². The minimum absolute atomic E-state index is 0.0242. The normalized spacial score (nSPS) is 11.9. The van der Waals surface area contributed by atoms with Crippen molar-refractivity contribution in [1.29, 1.82) is 0 Å². The third-order valence-electron chi connectivity index (χ3n) is 6.28. The van der Waals surface area contributed by atoms with Crippen LogP contribution in [0.25, 0.3) is 10.8 Å². The molecule has 1 heterocycles. The minimum Gasteiger partial charge on any atom is -0.332 e. The van der Waals surface area contributed by atoms with Crippen molar-refractivity contribution in [1.82, 2.24) is 9.80 Å². The number of hydrogen-bond acceptors (Lipinski definition) is 3. The van der Waals surface area contributed by atoms with Gasteiger partial charge in [-0.15, -0.1) is 11.3 Å². The highest BCUT2D eigenvalue weighted by Crippen LogP contribution is 2.22. The molecule has 0 aliphatic heterocycles. The molecule has 0 bridgehead atoms. The van der Waals surface area contributed by atoms with Crippen LogP contribution in [0.3, 0.4) is 0 Å². The van der Waals surface area contributed by atoms with Crippen LogP contribution in [0, 0.1) is 5.82 Å². The first kappa shape index (κ1) is 24.6. The Morgan fingerprint density at radius 1 is 0.914 bits per heavy atom. The Bertz CT molecular complexity index is 1280. The van der Waals surface area contributed by atoms with Gasteiger partial charge in [-0.2, -0.15) is 0 Å². The Labute approximate surface area is 209 Å². The van der Waals surface area contributed by atoms with Crippen molar-refractivity contribution in [3.63, 3.8) is 0 Å². The number of amides is 2. The lowest BCUT2D eigenvalue weighted by atomic mass is 10.0. The lowest BCUT2D eigenvalue weighted by Crippen LogP contribution is -2.46. The summed E-state index contributed by atoms with van der Waals surface area (Å²) in [5, 5.41) is 3.85. The van der Waals surface area contributed by atoms with Crippen molar-refractivity contribution in [3.8, 4) is 0 Å². The number of fused-ring (bicyclic) bond motifs is 1. The van der Waals surface area contributed by atoms with Crippen LogP contribution < -0.4 is 0 Å². The van der Waals surface area contributed by atoms with Gasteiger partial charge in [0.05, 0.1) is 6.54 Å². The van der Waals surface area contributed by atoms with E-state index in [4.69, 9.17) is 0 Å². The van der Waals surface area contributed by atoms with E-state index in [0.29, 0.717) is 18.7 Å². The second-order valence-electron chi connectivity index (χ2n) is 8.67. The van der Waals surface area contributed by atoms with Crippen LogP contribution >= 0.6 is 11.3 Å². The van der Waals surface area contributed by atoms with E-state index in [-0.39, 0.29) is 30.2 Å². The Hall–Kier alpha value is -3.51. The largest absolute Gasteiger partial charge is 0.332 e. The number of carbonyl (C=O) groups excluding carboxylic acids is 2. The molecule has 2 amide bonds. The van der Waals surface area contributed by atoms with Crippen LogP contribution in [0.15, 0.2) is 84.2 Å². The number of halogens is 1. The van der Waals surface area contributed by atoms with Gasteiger partial charge in [-0.3, -0.25) is 9.59 Å². The fraction of sp³-hybridized carbons (Fsp3) is 0.241. The summed E-state index contributed by atoms with van der Waals surface area (Å²) < 4.78 is 13.4. The Balaban J connectivity index is 1.61. The maximum absolute atomic E-state index is 13.7. The number of nitrogens with zero attached hydrogens (tertiary/aromatic N) is 2. The van der Waals surface area contributed by atoms with E-state index in [9.17, 15) is 14.0 Å². The highest BCUT2D eigenvalue weighted by molar-refractivity contribution is 7.09. The first-order chi connectivity index (χ1) is 17.0. The van der Waals surface area contributed by atoms with Gasteiger partial charge in [0.2, 0.25) is 5.91 Å². The molecule has 1 aromatic heterocycles. The highest BCUT2D eigenvalue weighted by atomic mass is 32.1. The van der Waals surface area contributed by atoms with Gasteiger partial charge in [-0.25, -0.2) is 4.39 Å². The fourth-order valence-electron chi connectivity index (χ4n) is 4.09. The molecule has 0 N–H and O–H groups in total. The van der Waals surface area contributed by atoms with Crippen LogP contribution in [0.4, 0.5) is 4.39 Å². The quantitative estimate of drug-likeness (QED) is 0.269. The summed E-state index contributed by atoms with van der Waals surface area (Å²) in [4.78, 5) is 31.8. The first-order valence-electron chi connectivity index (χ1n) is 11.8. The van der Waals surface area contributed by atoms with Gasteiger partial charge in [0, 0.05) is 23.0 Å². The predicted octanol–water partition coefficient (Wildman–Crippen LogP) is 6.51. The van der Waals surface area contributed by atoms with E-state index in [1.54, 1.807) is 33.3 Å². The zero-order chi connectivity index (χ0) is 24.8. The molecule has 1 atom stereocenters. The van der Waals surface area contributed by atoms with Crippen molar-refractivity contribution < 1.29 is 14.0 Å². The summed E-state index contributed by atoms with van der Waals surface area (Å²) in [6.07, 6.45) is 0.729. The second-order valence-corrected chi connectivity index (χ2v) is 9.70. The van der Waals surface area contributed by atoms with Gasteiger partial charge in [0.25, 0.3) is 5.91 Å². The van der Waals surface area contributed by atoms with Crippen molar-refractivity contribution >= 4 is 33.9 Å². The van der Waals surface area contributed by atoms with Crippen molar-refractivity contribution in [2.24, 2.45) is 0 Å². The molecule has 0 saturated heterocycles. The third kappa shape index (κ3) is 5.95. The molecule has 6 heteroatoms. The molecule has 4 aromatic rings. The van der Waals surface area contributed by atoms with E-state index in [1.807, 2.05) is 73.8 Å². The lowest BCUT2D eigenvalue weighted by molar-refractivity contribution is -0.133. The molecule has 4 rings (SSSR count). The number of rotatable bonds is 9. The molecule has 0 radical (unpaired) electrons. The van der Waals surface area contributed by atoms with Crippen LogP contribution in [0.2, 0.25) is 0 Å². The molecular formula is C29H29FN2O2S. The highest BCUT2D eigenvalue weighted by Gasteiger charge is 2.27. The molecule has 3 aromatic carbocycles. The van der Waals surface area contributed by atoms with Crippen molar-refractivity contribution in [2.45, 2.75) is 39.4 Å². The standard InChI is InChI=1S/C29H29FN2O2S/c1-3-21(2)32(29(34)27-12-6-9-23-8-4-5-11-26(23)27)20-28(33)31(19-25-10-7-17-35-25)18-22-13-15-24(30)16-14-22/h4-17,21H,3,18-20H2,1-2H3. The molecule has 0 saturated carbocycles. The predicted molar refractivity (Wildman–Crippen MR) is 140 cm³/mol. The van der Waals surface area contributed by atoms with Gasteiger partial charge in [-0.1, -0.05) is 61.5 Å².